The van der Waals surface area contributed by atoms with Crippen LogP contribution in [0.25, 0.3) is 11.3 Å². The molecule has 0 radical (unpaired) electrons. The van der Waals surface area contributed by atoms with Gasteiger partial charge in [0.05, 0.1) is 12.8 Å². The molecule has 0 N–H and O–H groups in total. The largest absolute Gasteiger partial charge is 0.496 e. The van der Waals surface area contributed by atoms with Crippen molar-refractivity contribution >= 4 is 5.95 Å². The van der Waals surface area contributed by atoms with E-state index in [4.69, 9.17) is 4.74 Å². The normalized spacial score (nSPS) is 16.1. The van der Waals surface area contributed by atoms with Crippen LogP contribution in [0.1, 0.15) is 5.69 Å². The minimum atomic E-state index is -4.54. The summed E-state index contributed by atoms with van der Waals surface area (Å²) in [5, 5.41) is 0. The summed E-state index contributed by atoms with van der Waals surface area (Å²) in [5.41, 5.74) is -0.237. The van der Waals surface area contributed by atoms with E-state index in [0.717, 1.165) is 19.2 Å². The molecular weight excluding hydrogens is 333 g/mol. The van der Waals surface area contributed by atoms with Crippen LogP contribution in [0.5, 0.6) is 5.75 Å². The monoisotopic (exact) mass is 352 g/mol. The highest BCUT2D eigenvalue weighted by atomic mass is 19.4. The molecule has 0 spiro atoms. The topological polar surface area (TPSA) is 41.5 Å². The highest BCUT2D eigenvalue weighted by Crippen LogP contribution is 2.34. The molecule has 0 unspecified atom stereocenters. The molecule has 5 nitrogen and oxygen atoms in total. The second kappa shape index (κ2) is 6.87. The third-order valence-electron chi connectivity index (χ3n) is 4.17. The van der Waals surface area contributed by atoms with E-state index in [1.54, 1.807) is 29.2 Å². The molecule has 0 bridgehead atoms. The summed E-state index contributed by atoms with van der Waals surface area (Å²) in [6.07, 6.45) is -4.54. The van der Waals surface area contributed by atoms with Crippen LogP contribution in [-0.2, 0) is 6.18 Å². The maximum Gasteiger partial charge on any atom is 0.433 e. The van der Waals surface area contributed by atoms with Crippen LogP contribution in [0, 0.1) is 0 Å². The van der Waals surface area contributed by atoms with Gasteiger partial charge in [0.25, 0.3) is 0 Å². The zero-order valence-electron chi connectivity index (χ0n) is 14.0. The van der Waals surface area contributed by atoms with Gasteiger partial charge in [-0.1, -0.05) is 12.1 Å². The maximum atomic E-state index is 13.3. The van der Waals surface area contributed by atoms with Crippen molar-refractivity contribution in [2.75, 3.05) is 45.2 Å². The number of ether oxygens (including phenoxy) is 1. The van der Waals surface area contributed by atoms with E-state index in [1.165, 1.54) is 7.11 Å². The number of hydrogen-bond donors (Lipinski definition) is 0. The maximum absolute atomic E-state index is 13.3. The van der Waals surface area contributed by atoms with E-state index in [2.05, 4.69) is 14.9 Å². The van der Waals surface area contributed by atoms with Crippen LogP contribution >= 0.6 is 0 Å². The van der Waals surface area contributed by atoms with E-state index >= 15 is 0 Å². The van der Waals surface area contributed by atoms with Gasteiger partial charge in [-0.3, -0.25) is 0 Å². The molecule has 3 rings (SSSR count). The van der Waals surface area contributed by atoms with Crippen LogP contribution in [0.3, 0.4) is 0 Å². The van der Waals surface area contributed by atoms with Gasteiger partial charge in [-0.15, -0.1) is 0 Å². The molecule has 134 valence electrons. The van der Waals surface area contributed by atoms with Crippen molar-refractivity contribution in [2.24, 2.45) is 0 Å². The predicted molar refractivity (Wildman–Crippen MR) is 88.7 cm³/mol. The van der Waals surface area contributed by atoms with Gasteiger partial charge in [0.2, 0.25) is 5.95 Å². The molecule has 1 saturated heterocycles. The summed E-state index contributed by atoms with van der Waals surface area (Å²) in [5.74, 6) is 0.572. The Morgan fingerprint density at radius 1 is 1.04 bits per heavy atom. The Kier molecular flexibility index (Phi) is 4.80. The van der Waals surface area contributed by atoms with Gasteiger partial charge in [0.1, 0.15) is 5.75 Å². The molecule has 2 heterocycles. The minimum absolute atomic E-state index is 0.101. The molecule has 1 fully saturated rings. The number of para-hydroxylation sites is 1. The second-order valence-electron chi connectivity index (χ2n) is 5.93. The molecule has 8 heteroatoms. The van der Waals surface area contributed by atoms with Gasteiger partial charge in [0.15, 0.2) is 5.69 Å². The van der Waals surface area contributed by atoms with Gasteiger partial charge in [0, 0.05) is 31.7 Å². The molecular formula is C17H19F3N4O. The van der Waals surface area contributed by atoms with Crippen LogP contribution in [0.4, 0.5) is 19.1 Å². The van der Waals surface area contributed by atoms with Gasteiger partial charge in [-0.05, 0) is 25.2 Å². The first-order valence-electron chi connectivity index (χ1n) is 7.91. The highest BCUT2D eigenvalue weighted by Gasteiger charge is 2.34. The van der Waals surface area contributed by atoms with Crippen LogP contribution < -0.4 is 9.64 Å². The van der Waals surface area contributed by atoms with E-state index in [-0.39, 0.29) is 11.6 Å². The lowest BCUT2D eigenvalue weighted by molar-refractivity contribution is -0.141. The van der Waals surface area contributed by atoms with Crippen molar-refractivity contribution < 1.29 is 17.9 Å². The molecule has 0 aliphatic carbocycles. The molecule has 1 aromatic carbocycles. The molecule has 1 aliphatic rings. The van der Waals surface area contributed by atoms with Crippen molar-refractivity contribution in [3.05, 3.63) is 36.0 Å². The van der Waals surface area contributed by atoms with Gasteiger partial charge in [-0.25, -0.2) is 9.97 Å². The average molecular weight is 352 g/mol. The van der Waals surface area contributed by atoms with Crippen molar-refractivity contribution in [2.45, 2.75) is 6.18 Å². The van der Waals surface area contributed by atoms with E-state index < -0.39 is 11.9 Å². The zero-order valence-corrected chi connectivity index (χ0v) is 14.0. The lowest BCUT2D eigenvalue weighted by atomic mass is 10.1. The average Bonchev–Trinajstić information content (AvgIpc) is 2.61. The summed E-state index contributed by atoms with van der Waals surface area (Å²) in [6, 6.07) is 7.85. The Morgan fingerprint density at radius 2 is 1.72 bits per heavy atom. The Hall–Kier alpha value is -2.35. The number of aromatic nitrogens is 2. The van der Waals surface area contributed by atoms with Crippen molar-refractivity contribution in [3.63, 3.8) is 0 Å². The Labute approximate surface area is 144 Å². The first-order chi connectivity index (χ1) is 11.9. The Balaban J connectivity index is 2.07. The molecule has 0 atom stereocenters. The zero-order chi connectivity index (χ0) is 18.0. The van der Waals surface area contributed by atoms with Crippen LogP contribution in [-0.4, -0.2) is 55.2 Å². The molecule has 1 aliphatic heterocycles. The molecule has 1 aromatic heterocycles. The molecule has 25 heavy (non-hydrogen) atoms. The van der Waals surface area contributed by atoms with Crippen LogP contribution in [0.15, 0.2) is 30.3 Å². The van der Waals surface area contributed by atoms with Crippen molar-refractivity contribution in [3.8, 4) is 17.0 Å². The standard InChI is InChI=1S/C17H19F3N4O/c1-23-7-9-24(10-8-23)16-21-13(11-15(22-16)17(18,19)20)12-5-3-4-6-14(12)25-2/h3-6,11H,7-10H2,1-2H3. The number of halogens is 3. The number of benzene rings is 1. The second-order valence-corrected chi connectivity index (χ2v) is 5.93. The summed E-state index contributed by atoms with van der Waals surface area (Å²) >= 11 is 0. The summed E-state index contributed by atoms with van der Waals surface area (Å²) in [7, 11) is 3.46. The van der Waals surface area contributed by atoms with Gasteiger partial charge < -0.3 is 14.5 Å². The van der Waals surface area contributed by atoms with E-state index in [9.17, 15) is 13.2 Å². The van der Waals surface area contributed by atoms with Gasteiger partial charge in [-0.2, -0.15) is 13.2 Å². The number of hydrogen-bond acceptors (Lipinski definition) is 5. The Morgan fingerprint density at radius 3 is 2.36 bits per heavy atom. The van der Waals surface area contributed by atoms with E-state index in [1.807, 2.05) is 7.05 Å². The number of anilines is 1. The molecule has 2 aromatic rings. The molecule has 0 saturated carbocycles. The number of nitrogens with zero attached hydrogens (tertiary/aromatic N) is 4. The fourth-order valence-electron chi connectivity index (χ4n) is 2.72. The number of methoxy groups -OCH3 is 1. The number of rotatable bonds is 3. The summed E-state index contributed by atoms with van der Waals surface area (Å²) in [6.45, 7) is 2.68. The Bertz CT molecular complexity index is 743. The van der Waals surface area contributed by atoms with Gasteiger partial charge >= 0.3 is 6.18 Å². The fraction of sp³-hybridized carbons (Fsp3) is 0.412. The minimum Gasteiger partial charge on any atom is -0.496 e. The number of likely N-dealkylation sites (N-methyl/N-ethyl adjacent to an activating group) is 1. The summed E-state index contributed by atoms with van der Waals surface area (Å²) < 4.78 is 45.2. The van der Waals surface area contributed by atoms with E-state index in [0.29, 0.717) is 24.4 Å². The lowest BCUT2D eigenvalue weighted by Gasteiger charge is -2.32. The number of alkyl halides is 3. The first kappa shape index (κ1) is 17.5. The SMILES string of the molecule is COc1ccccc1-c1cc(C(F)(F)F)nc(N2CCN(C)CC2)n1. The summed E-state index contributed by atoms with van der Waals surface area (Å²) in [4.78, 5) is 12.1. The smallest absolute Gasteiger partial charge is 0.433 e. The van der Waals surface area contributed by atoms with Crippen LogP contribution in [0.2, 0.25) is 0 Å². The highest BCUT2D eigenvalue weighted by molar-refractivity contribution is 5.68. The van der Waals surface area contributed by atoms with Crippen molar-refractivity contribution in [1.82, 2.24) is 14.9 Å². The third kappa shape index (κ3) is 3.84. The number of piperazine rings is 1. The lowest BCUT2D eigenvalue weighted by Crippen LogP contribution is -2.45. The first-order valence-corrected chi connectivity index (χ1v) is 7.91. The third-order valence-corrected chi connectivity index (χ3v) is 4.17. The quantitative estimate of drug-likeness (QED) is 0.850. The fourth-order valence-corrected chi connectivity index (χ4v) is 2.72. The van der Waals surface area contributed by atoms with Crippen molar-refractivity contribution in [1.29, 1.82) is 0 Å². The molecule has 0 amide bonds. The predicted octanol–water partition coefficient (Wildman–Crippen LogP) is 2.92.